The first kappa shape index (κ1) is 15.9. The molecule has 1 N–H and O–H groups in total. The minimum absolute atomic E-state index is 0.187. The third-order valence-electron chi connectivity index (χ3n) is 2.08. The maximum absolute atomic E-state index is 11.3. The fraction of sp³-hybridized carbons (Fsp3) is 0.818. The normalized spacial score (nSPS) is 12.1. The summed E-state index contributed by atoms with van der Waals surface area (Å²) in [6.45, 7) is 3.21. The van der Waals surface area contributed by atoms with Gasteiger partial charge in [-0.3, -0.25) is 9.59 Å². The van der Waals surface area contributed by atoms with Gasteiger partial charge in [-0.1, -0.05) is 0 Å². The number of esters is 1. The predicted molar refractivity (Wildman–Crippen MR) is 59.7 cm³/mol. The van der Waals surface area contributed by atoms with Crippen molar-refractivity contribution in [2.45, 2.75) is 19.8 Å². The fourth-order valence-corrected chi connectivity index (χ4v) is 1.22. The van der Waals surface area contributed by atoms with E-state index in [0.717, 1.165) is 0 Å². The molecule has 1 unspecified atom stereocenters. The van der Waals surface area contributed by atoms with Crippen molar-refractivity contribution in [1.82, 2.24) is 0 Å². The predicted octanol–water partition coefficient (Wildman–Crippen LogP) is 0.694. The minimum atomic E-state index is -1.15. The van der Waals surface area contributed by atoms with Gasteiger partial charge in [-0.05, 0) is 19.8 Å². The van der Waals surface area contributed by atoms with Gasteiger partial charge in [0.1, 0.15) is 0 Å². The van der Waals surface area contributed by atoms with Gasteiger partial charge in [0.2, 0.25) is 0 Å². The number of carboxylic acid groups (broad SMARTS) is 1. The zero-order valence-corrected chi connectivity index (χ0v) is 10.3. The first-order valence-electron chi connectivity index (χ1n) is 5.59. The quantitative estimate of drug-likeness (QED) is 0.348. The molecule has 0 radical (unpaired) electrons. The highest BCUT2D eigenvalue weighted by Crippen LogP contribution is 2.09. The van der Waals surface area contributed by atoms with Gasteiger partial charge in [0.25, 0.3) is 0 Å². The van der Waals surface area contributed by atoms with Gasteiger partial charge in [0.05, 0.1) is 19.8 Å². The Hall–Kier alpha value is -1.14. The van der Waals surface area contributed by atoms with Crippen LogP contribution in [0, 0.1) is 5.92 Å². The number of hydrogen-bond donors (Lipinski definition) is 1. The van der Waals surface area contributed by atoms with Crippen molar-refractivity contribution >= 4 is 11.9 Å². The molecular formula is C11H20O6. The molecular weight excluding hydrogens is 228 g/mol. The molecule has 0 aromatic heterocycles. The van der Waals surface area contributed by atoms with Crippen molar-refractivity contribution in [3.63, 3.8) is 0 Å². The van der Waals surface area contributed by atoms with Crippen molar-refractivity contribution in [2.24, 2.45) is 5.92 Å². The minimum Gasteiger partial charge on any atom is -0.481 e. The van der Waals surface area contributed by atoms with Crippen molar-refractivity contribution in [3.8, 4) is 0 Å². The Bertz CT molecular complexity index is 228. The van der Waals surface area contributed by atoms with Crippen LogP contribution >= 0.6 is 0 Å². The molecule has 0 aliphatic heterocycles. The molecule has 6 heteroatoms. The average molecular weight is 248 g/mol. The summed E-state index contributed by atoms with van der Waals surface area (Å²) in [4.78, 5) is 22.1. The summed E-state index contributed by atoms with van der Waals surface area (Å²) < 4.78 is 14.6. The van der Waals surface area contributed by atoms with Crippen LogP contribution in [0.4, 0.5) is 0 Å². The summed E-state index contributed by atoms with van der Waals surface area (Å²) in [7, 11) is 1.57. The van der Waals surface area contributed by atoms with Crippen LogP contribution in [0.3, 0.4) is 0 Å². The van der Waals surface area contributed by atoms with Crippen LogP contribution in [0.15, 0.2) is 0 Å². The van der Waals surface area contributed by atoms with Crippen LogP contribution in [-0.4, -0.2) is 50.6 Å². The van der Waals surface area contributed by atoms with Crippen LogP contribution in [0.25, 0.3) is 0 Å². The van der Waals surface area contributed by atoms with E-state index in [9.17, 15) is 9.59 Å². The van der Waals surface area contributed by atoms with Crippen molar-refractivity contribution in [3.05, 3.63) is 0 Å². The molecule has 0 amide bonds. The summed E-state index contributed by atoms with van der Waals surface area (Å²) in [5.74, 6) is -2.93. The van der Waals surface area contributed by atoms with Crippen molar-refractivity contribution in [2.75, 3.05) is 33.5 Å². The van der Waals surface area contributed by atoms with E-state index in [2.05, 4.69) is 4.74 Å². The average Bonchev–Trinajstić information content (AvgIpc) is 2.27. The van der Waals surface area contributed by atoms with Gasteiger partial charge in [0.15, 0.2) is 5.92 Å². The Morgan fingerprint density at radius 1 is 1.24 bits per heavy atom. The highest BCUT2D eigenvalue weighted by Gasteiger charge is 2.26. The Kier molecular flexibility index (Phi) is 9.37. The van der Waals surface area contributed by atoms with Crippen LogP contribution < -0.4 is 0 Å². The molecule has 6 nitrogen and oxygen atoms in total. The van der Waals surface area contributed by atoms with Gasteiger partial charge in [-0.15, -0.1) is 0 Å². The molecule has 0 aliphatic rings. The number of ether oxygens (including phenoxy) is 3. The second kappa shape index (κ2) is 10.0. The number of carboxylic acids is 1. The van der Waals surface area contributed by atoms with E-state index in [-0.39, 0.29) is 13.0 Å². The van der Waals surface area contributed by atoms with E-state index in [1.807, 2.05) is 0 Å². The van der Waals surface area contributed by atoms with Crippen LogP contribution in [0.5, 0.6) is 0 Å². The van der Waals surface area contributed by atoms with E-state index in [4.69, 9.17) is 14.6 Å². The summed E-state index contributed by atoms with van der Waals surface area (Å²) in [6, 6.07) is 0. The van der Waals surface area contributed by atoms with Gasteiger partial charge in [-0.2, -0.15) is 0 Å². The third kappa shape index (κ3) is 7.70. The van der Waals surface area contributed by atoms with Crippen molar-refractivity contribution in [1.29, 1.82) is 0 Å². The number of methoxy groups -OCH3 is 1. The maximum atomic E-state index is 11.3. The first-order valence-corrected chi connectivity index (χ1v) is 5.59. The number of carbonyl (C=O) groups is 2. The lowest BCUT2D eigenvalue weighted by molar-refractivity contribution is -0.158. The largest absolute Gasteiger partial charge is 0.481 e. The number of aliphatic carboxylic acids is 1. The highest BCUT2D eigenvalue weighted by molar-refractivity contribution is 5.93. The lowest BCUT2D eigenvalue weighted by Gasteiger charge is -2.11. The molecule has 0 aromatic carbocycles. The van der Waals surface area contributed by atoms with E-state index in [1.54, 1.807) is 14.0 Å². The molecule has 0 bridgehead atoms. The topological polar surface area (TPSA) is 82.1 Å². The van der Waals surface area contributed by atoms with Crippen LogP contribution in [0.2, 0.25) is 0 Å². The zero-order chi connectivity index (χ0) is 13.1. The van der Waals surface area contributed by atoms with Gasteiger partial charge >= 0.3 is 11.9 Å². The Labute approximate surface area is 101 Å². The van der Waals surface area contributed by atoms with E-state index in [1.165, 1.54) is 0 Å². The Morgan fingerprint density at radius 3 is 2.47 bits per heavy atom. The molecule has 0 aromatic rings. The van der Waals surface area contributed by atoms with Crippen LogP contribution in [-0.2, 0) is 23.8 Å². The number of carbonyl (C=O) groups excluding carboxylic acids is 1. The summed E-state index contributed by atoms with van der Waals surface area (Å²) in [6.07, 6.45) is 0.723. The molecule has 0 aliphatic carbocycles. The molecule has 0 rings (SSSR count). The summed E-state index contributed by atoms with van der Waals surface area (Å²) >= 11 is 0. The SMILES string of the molecule is CCOC(=O)C(CCCOCCOC)C(=O)O. The van der Waals surface area contributed by atoms with E-state index in [0.29, 0.717) is 26.2 Å². The molecule has 0 fully saturated rings. The highest BCUT2D eigenvalue weighted by atomic mass is 16.5. The van der Waals surface area contributed by atoms with Gasteiger partial charge in [0, 0.05) is 13.7 Å². The second-order valence-corrected chi connectivity index (χ2v) is 3.39. The summed E-state index contributed by atoms with van der Waals surface area (Å²) in [5, 5.41) is 8.85. The molecule has 0 spiro atoms. The molecule has 1 atom stereocenters. The molecule has 0 heterocycles. The monoisotopic (exact) mass is 248 g/mol. The Balaban J connectivity index is 3.78. The fourth-order valence-electron chi connectivity index (χ4n) is 1.22. The molecule has 0 saturated heterocycles. The Morgan fingerprint density at radius 2 is 1.94 bits per heavy atom. The molecule has 17 heavy (non-hydrogen) atoms. The zero-order valence-electron chi connectivity index (χ0n) is 10.3. The second-order valence-electron chi connectivity index (χ2n) is 3.39. The summed E-state index contributed by atoms with van der Waals surface area (Å²) in [5.41, 5.74) is 0. The molecule has 100 valence electrons. The number of rotatable bonds is 10. The number of hydrogen-bond acceptors (Lipinski definition) is 5. The third-order valence-corrected chi connectivity index (χ3v) is 2.08. The van der Waals surface area contributed by atoms with E-state index < -0.39 is 17.9 Å². The lowest BCUT2D eigenvalue weighted by atomic mass is 10.0. The lowest BCUT2D eigenvalue weighted by Crippen LogP contribution is -2.26. The van der Waals surface area contributed by atoms with Gasteiger partial charge in [-0.25, -0.2) is 0 Å². The van der Waals surface area contributed by atoms with Crippen molar-refractivity contribution < 1.29 is 28.9 Å². The maximum Gasteiger partial charge on any atom is 0.320 e. The van der Waals surface area contributed by atoms with Gasteiger partial charge < -0.3 is 19.3 Å². The van der Waals surface area contributed by atoms with E-state index >= 15 is 0 Å². The first-order chi connectivity index (χ1) is 8.13. The molecule has 0 saturated carbocycles. The smallest absolute Gasteiger partial charge is 0.320 e. The standard InChI is InChI=1S/C11H20O6/c1-3-17-11(14)9(10(12)13)5-4-6-16-8-7-15-2/h9H,3-8H2,1-2H3,(H,12,13). The van der Waals surface area contributed by atoms with Crippen LogP contribution in [0.1, 0.15) is 19.8 Å².